The van der Waals surface area contributed by atoms with E-state index in [1.807, 2.05) is 25.1 Å². The first-order chi connectivity index (χ1) is 9.63. The molecule has 0 amide bonds. The molecule has 2 aromatic rings. The van der Waals surface area contributed by atoms with E-state index in [2.05, 4.69) is 11.9 Å². The van der Waals surface area contributed by atoms with Crippen LogP contribution < -0.4 is 15.2 Å². The van der Waals surface area contributed by atoms with E-state index in [1.54, 1.807) is 18.4 Å². The molecule has 0 aliphatic rings. The monoisotopic (exact) mass is 292 g/mol. The van der Waals surface area contributed by atoms with Crippen molar-refractivity contribution in [1.82, 2.24) is 4.98 Å². The van der Waals surface area contributed by atoms with Crippen molar-refractivity contribution in [1.29, 1.82) is 0 Å². The number of methoxy groups -OCH3 is 1. The molecular formula is C15H20N2O2S. The molecular weight excluding hydrogens is 272 g/mol. The van der Waals surface area contributed by atoms with Gasteiger partial charge >= 0.3 is 0 Å². The number of rotatable bonds is 6. The lowest BCUT2D eigenvalue weighted by Gasteiger charge is -2.11. The third-order valence-corrected chi connectivity index (χ3v) is 4.15. The van der Waals surface area contributed by atoms with Gasteiger partial charge in [0.05, 0.1) is 12.8 Å². The zero-order valence-corrected chi connectivity index (χ0v) is 12.9. The van der Waals surface area contributed by atoms with Gasteiger partial charge in [0.15, 0.2) is 0 Å². The Kier molecular flexibility index (Phi) is 4.98. The van der Waals surface area contributed by atoms with Gasteiger partial charge in [-0.3, -0.25) is 0 Å². The summed E-state index contributed by atoms with van der Waals surface area (Å²) in [5.41, 5.74) is 7.79. The number of aromatic nitrogens is 1. The number of nitrogens with two attached hydrogens (primary N) is 1. The van der Waals surface area contributed by atoms with Crippen LogP contribution in [0.15, 0.2) is 18.2 Å². The van der Waals surface area contributed by atoms with Crippen LogP contribution in [0, 0.1) is 13.8 Å². The lowest BCUT2D eigenvalue weighted by Crippen LogP contribution is -2.06. The topological polar surface area (TPSA) is 57.4 Å². The molecule has 0 spiro atoms. The van der Waals surface area contributed by atoms with Crippen molar-refractivity contribution in [3.63, 3.8) is 0 Å². The molecule has 5 heteroatoms. The molecule has 20 heavy (non-hydrogen) atoms. The number of thiazole rings is 1. The molecule has 0 bridgehead atoms. The number of nitrogens with zero attached hydrogens (tertiary/aromatic N) is 1. The molecule has 0 saturated heterocycles. The standard InChI is InChI=1S/C15H20N2O2S/c1-10-11(2)20-15(17-10)9-19-14-5-4-13(18-3)8-12(14)6-7-16/h4-5,8H,6-7,9,16H2,1-3H3. The van der Waals surface area contributed by atoms with Gasteiger partial charge < -0.3 is 15.2 Å². The SMILES string of the molecule is COc1ccc(OCc2nc(C)c(C)s2)c(CCN)c1. The lowest BCUT2D eigenvalue weighted by atomic mass is 10.1. The molecule has 0 atom stereocenters. The Balaban J connectivity index is 2.11. The zero-order valence-electron chi connectivity index (χ0n) is 12.1. The Morgan fingerprint density at radius 1 is 1.30 bits per heavy atom. The molecule has 0 aliphatic carbocycles. The number of aryl methyl sites for hydroxylation is 2. The maximum atomic E-state index is 5.88. The first-order valence-corrected chi connectivity index (χ1v) is 7.38. The summed E-state index contributed by atoms with van der Waals surface area (Å²) in [6.07, 6.45) is 0.766. The number of benzene rings is 1. The van der Waals surface area contributed by atoms with Crippen molar-refractivity contribution in [2.24, 2.45) is 5.73 Å². The summed E-state index contributed by atoms with van der Waals surface area (Å²) in [5, 5.41) is 0.995. The second kappa shape index (κ2) is 6.72. The maximum absolute atomic E-state index is 5.88. The van der Waals surface area contributed by atoms with Gasteiger partial charge in [-0.1, -0.05) is 0 Å². The number of ether oxygens (including phenoxy) is 2. The molecule has 4 nitrogen and oxygen atoms in total. The summed E-state index contributed by atoms with van der Waals surface area (Å²) in [6.45, 7) is 5.16. The van der Waals surface area contributed by atoms with E-state index in [0.717, 1.165) is 34.2 Å². The van der Waals surface area contributed by atoms with Crippen LogP contribution in [0.2, 0.25) is 0 Å². The Morgan fingerprint density at radius 3 is 2.70 bits per heavy atom. The van der Waals surface area contributed by atoms with Crippen LogP contribution in [0.3, 0.4) is 0 Å². The Bertz CT molecular complexity index is 562. The Morgan fingerprint density at radius 2 is 2.10 bits per heavy atom. The highest BCUT2D eigenvalue weighted by atomic mass is 32.1. The highest BCUT2D eigenvalue weighted by Gasteiger charge is 2.08. The third kappa shape index (κ3) is 3.49. The predicted octanol–water partition coefficient (Wildman–Crippen LogP) is 2.85. The predicted molar refractivity (Wildman–Crippen MR) is 81.7 cm³/mol. The van der Waals surface area contributed by atoms with Crippen molar-refractivity contribution >= 4 is 11.3 Å². The van der Waals surface area contributed by atoms with Gasteiger partial charge in [-0.05, 0) is 50.6 Å². The Labute approximate surface area is 123 Å². The summed E-state index contributed by atoms with van der Waals surface area (Å²) in [7, 11) is 1.66. The highest BCUT2D eigenvalue weighted by Crippen LogP contribution is 2.26. The van der Waals surface area contributed by atoms with Crippen LogP contribution in [0.5, 0.6) is 11.5 Å². The summed E-state index contributed by atoms with van der Waals surface area (Å²) < 4.78 is 11.1. The fourth-order valence-electron chi connectivity index (χ4n) is 1.91. The molecule has 0 fully saturated rings. The lowest BCUT2D eigenvalue weighted by molar-refractivity contribution is 0.301. The second-order valence-electron chi connectivity index (χ2n) is 4.55. The van der Waals surface area contributed by atoms with E-state index in [4.69, 9.17) is 15.2 Å². The molecule has 0 radical (unpaired) electrons. The second-order valence-corrected chi connectivity index (χ2v) is 5.84. The summed E-state index contributed by atoms with van der Waals surface area (Å²) in [5.74, 6) is 1.67. The van der Waals surface area contributed by atoms with E-state index >= 15 is 0 Å². The first kappa shape index (κ1) is 14.8. The number of hydrogen-bond acceptors (Lipinski definition) is 5. The molecule has 0 saturated carbocycles. The highest BCUT2D eigenvalue weighted by molar-refractivity contribution is 7.11. The van der Waals surface area contributed by atoms with Crippen LogP contribution >= 0.6 is 11.3 Å². The molecule has 1 aromatic carbocycles. The quantitative estimate of drug-likeness (QED) is 0.889. The summed E-state index contributed by atoms with van der Waals surface area (Å²) in [6, 6.07) is 5.80. The van der Waals surface area contributed by atoms with E-state index in [1.165, 1.54) is 4.88 Å². The van der Waals surface area contributed by atoms with Crippen LogP contribution in [0.1, 0.15) is 21.1 Å². The smallest absolute Gasteiger partial charge is 0.140 e. The van der Waals surface area contributed by atoms with Gasteiger partial charge in [0.2, 0.25) is 0 Å². The maximum Gasteiger partial charge on any atom is 0.140 e. The first-order valence-electron chi connectivity index (χ1n) is 6.56. The average molecular weight is 292 g/mol. The Hall–Kier alpha value is -1.59. The average Bonchev–Trinajstić information content (AvgIpc) is 2.76. The van der Waals surface area contributed by atoms with E-state index in [-0.39, 0.29) is 0 Å². The fourth-order valence-corrected chi connectivity index (χ4v) is 2.76. The third-order valence-electron chi connectivity index (χ3n) is 3.11. The van der Waals surface area contributed by atoms with Crippen LogP contribution in [-0.4, -0.2) is 18.6 Å². The molecule has 1 aromatic heterocycles. The van der Waals surface area contributed by atoms with Crippen LogP contribution in [-0.2, 0) is 13.0 Å². The van der Waals surface area contributed by atoms with E-state index < -0.39 is 0 Å². The largest absolute Gasteiger partial charge is 0.497 e. The van der Waals surface area contributed by atoms with Gasteiger partial charge in [-0.25, -0.2) is 4.98 Å². The van der Waals surface area contributed by atoms with Crippen molar-refractivity contribution in [3.8, 4) is 11.5 Å². The minimum Gasteiger partial charge on any atom is -0.497 e. The van der Waals surface area contributed by atoms with Crippen molar-refractivity contribution in [2.75, 3.05) is 13.7 Å². The van der Waals surface area contributed by atoms with Gasteiger partial charge in [-0.15, -0.1) is 11.3 Å². The van der Waals surface area contributed by atoms with Crippen LogP contribution in [0.4, 0.5) is 0 Å². The number of hydrogen-bond donors (Lipinski definition) is 1. The molecule has 0 unspecified atom stereocenters. The summed E-state index contributed by atoms with van der Waals surface area (Å²) in [4.78, 5) is 5.72. The van der Waals surface area contributed by atoms with Crippen LogP contribution in [0.25, 0.3) is 0 Å². The molecule has 2 rings (SSSR count). The van der Waals surface area contributed by atoms with Crippen molar-refractivity contribution in [3.05, 3.63) is 39.3 Å². The van der Waals surface area contributed by atoms with Gasteiger partial charge in [0, 0.05) is 4.88 Å². The van der Waals surface area contributed by atoms with E-state index in [9.17, 15) is 0 Å². The van der Waals surface area contributed by atoms with Gasteiger partial charge in [-0.2, -0.15) is 0 Å². The normalized spacial score (nSPS) is 10.6. The molecule has 108 valence electrons. The summed E-state index contributed by atoms with van der Waals surface area (Å²) >= 11 is 1.67. The minimum absolute atomic E-state index is 0.489. The fraction of sp³-hybridized carbons (Fsp3) is 0.400. The van der Waals surface area contributed by atoms with Crippen molar-refractivity contribution in [2.45, 2.75) is 26.9 Å². The van der Waals surface area contributed by atoms with E-state index in [0.29, 0.717) is 13.2 Å². The van der Waals surface area contributed by atoms with Crippen molar-refractivity contribution < 1.29 is 9.47 Å². The minimum atomic E-state index is 0.489. The van der Waals surface area contributed by atoms with Gasteiger partial charge in [0.1, 0.15) is 23.1 Å². The molecule has 0 aliphatic heterocycles. The molecule has 2 N–H and O–H groups in total. The van der Waals surface area contributed by atoms with Gasteiger partial charge in [0.25, 0.3) is 0 Å². The zero-order chi connectivity index (χ0) is 14.5. The molecule has 1 heterocycles.